The maximum Gasteiger partial charge on any atom is 0.183 e. The van der Waals surface area contributed by atoms with Crippen LogP contribution in [0.4, 0.5) is 0 Å². The maximum atomic E-state index is 5.62. The van der Waals surface area contributed by atoms with E-state index in [1.807, 2.05) is 24.3 Å². The van der Waals surface area contributed by atoms with Crippen molar-refractivity contribution < 1.29 is 19.2 Å². The van der Waals surface area contributed by atoms with Gasteiger partial charge in [-0.3, -0.25) is 0 Å². The van der Waals surface area contributed by atoms with Crippen molar-refractivity contribution in [3.63, 3.8) is 0 Å². The van der Waals surface area contributed by atoms with Crippen LogP contribution in [0.3, 0.4) is 0 Å². The first-order chi connectivity index (χ1) is 8.29. The first-order valence-corrected chi connectivity index (χ1v) is 5.77. The van der Waals surface area contributed by atoms with Gasteiger partial charge in [0.1, 0.15) is 6.61 Å². The van der Waals surface area contributed by atoms with E-state index in [9.17, 15) is 0 Å². The standard InChI is InChI=1S/C13H18O4/c1-10-7-15-13(16-8-10)12-5-3-11(4-6-12)9-17-14-2/h3-6,10,13H,7-9H2,1-2H3. The second-order valence-electron chi connectivity index (χ2n) is 4.27. The molecule has 1 aliphatic heterocycles. The lowest BCUT2D eigenvalue weighted by molar-refractivity contribution is -0.282. The lowest BCUT2D eigenvalue weighted by atomic mass is 10.1. The Morgan fingerprint density at radius 3 is 2.41 bits per heavy atom. The summed E-state index contributed by atoms with van der Waals surface area (Å²) < 4.78 is 11.2. The van der Waals surface area contributed by atoms with E-state index in [-0.39, 0.29) is 6.29 Å². The smallest absolute Gasteiger partial charge is 0.183 e. The molecule has 1 aromatic carbocycles. The number of hydrogen-bond donors (Lipinski definition) is 0. The first-order valence-electron chi connectivity index (χ1n) is 5.77. The summed E-state index contributed by atoms with van der Waals surface area (Å²) in [7, 11) is 1.50. The first kappa shape index (κ1) is 12.5. The molecule has 0 unspecified atom stereocenters. The Morgan fingerprint density at radius 2 is 1.82 bits per heavy atom. The fourth-order valence-corrected chi connectivity index (χ4v) is 1.69. The molecule has 1 aromatic rings. The molecule has 1 aliphatic rings. The Morgan fingerprint density at radius 1 is 1.18 bits per heavy atom. The third kappa shape index (κ3) is 3.51. The SMILES string of the molecule is COOCc1ccc(C2OCC(C)CO2)cc1. The van der Waals surface area contributed by atoms with Crippen LogP contribution in [-0.2, 0) is 25.9 Å². The second-order valence-corrected chi connectivity index (χ2v) is 4.27. The van der Waals surface area contributed by atoms with E-state index in [4.69, 9.17) is 14.4 Å². The molecule has 0 atom stereocenters. The van der Waals surface area contributed by atoms with Crippen molar-refractivity contribution in [1.29, 1.82) is 0 Å². The van der Waals surface area contributed by atoms with Gasteiger partial charge >= 0.3 is 0 Å². The number of hydrogen-bond acceptors (Lipinski definition) is 4. The zero-order valence-electron chi connectivity index (χ0n) is 10.2. The third-order valence-corrected chi connectivity index (χ3v) is 2.66. The van der Waals surface area contributed by atoms with Crippen LogP contribution < -0.4 is 0 Å². The van der Waals surface area contributed by atoms with E-state index in [2.05, 4.69) is 11.8 Å². The zero-order valence-corrected chi connectivity index (χ0v) is 10.2. The average Bonchev–Trinajstić information content (AvgIpc) is 2.38. The third-order valence-electron chi connectivity index (χ3n) is 2.66. The Labute approximate surface area is 101 Å². The Balaban J connectivity index is 1.93. The van der Waals surface area contributed by atoms with Crippen LogP contribution in [0.25, 0.3) is 0 Å². The summed E-state index contributed by atoms with van der Waals surface area (Å²) in [6.07, 6.45) is -0.233. The number of rotatable bonds is 4. The molecular formula is C13H18O4. The van der Waals surface area contributed by atoms with Gasteiger partial charge in [-0.05, 0) is 5.56 Å². The summed E-state index contributed by atoms with van der Waals surface area (Å²) in [5.74, 6) is 0.473. The van der Waals surface area contributed by atoms with Crippen molar-refractivity contribution in [3.8, 4) is 0 Å². The predicted octanol–water partition coefficient (Wildman–Crippen LogP) is 2.45. The van der Waals surface area contributed by atoms with Gasteiger partial charge in [-0.1, -0.05) is 31.2 Å². The fraction of sp³-hybridized carbons (Fsp3) is 0.538. The summed E-state index contributed by atoms with van der Waals surface area (Å²) >= 11 is 0. The van der Waals surface area contributed by atoms with Crippen LogP contribution >= 0.6 is 0 Å². The van der Waals surface area contributed by atoms with Gasteiger partial charge in [0.15, 0.2) is 6.29 Å². The van der Waals surface area contributed by atoms with Gasteiger partial charge in [0.05, 0.1) is 20.3 Å². The highest BCUT2D eigenvalue weighted by atomic mass is 17.2. The molecular weight excluding hydrogens is 220 g/mol. The van der Waals surface area contributed by atoms with E-state index in [0.717, 1.165) is 24.3 Å². The highest BCUT2D eigenvalue weighted by molar-refractivity contribution is 5.23. The molecule has 0 N–H and O–H groups in total. The summed E-state index contributed by atoms with van der Waals surface area (Å²) in [5.41, 5.74) is 2.10. The van der Waals surface area contributed by atoms with Crippen molar-refractivity contribution in [2.24, 2.45) is 5.92 Å². The van der Waals surface area contributed by atoms with E-state index >= 15 is 0 Å². The molecule has 94 valence electrons. The van der Waals surface area contributed by atoms with Gasteiger partial charge in [0, 0.05) is 11.5 Å². The van der Waals surface area contributed by atoms with Crippen molar-refractivity contribution in [1.82, 2.24) is 0 Å². The molecule has 4 nitrogen and oxygen atoms in total. The molecule has 0 amide bonds. The summed E-state index contributed by atoms with van der Waals surface area (Å²) in [5, 5.41) is 0. The highest BCUT2D eigenvalue weighted by Crippen LogP contribution is 2.25. The normalized spacial score (nSPS) is 24.8. The van der Waals surface area contributed by atoms with E-state index in [1.54, 1.807) is 0 Å². The molecule has 1 fully saturated rings. The van der Waals surface area contributed by atoms with Crippen molar-refractivity contribution >= 4 is 0 Å². The molecule has 0 aliphatic carbocycles. The van der Waals surface area contributed by atoms with Crippen LogP contribution in [0.5, 0.6) is 0 Å². The minimum atomic E-state index is -0.233. The zero-order chi connectivity index (χ0) is 12.1. The van der Waals surface area contributed by atoms with Gasteiger partial charge in [0.25, 0.3) is 0 Å². The topological polar surface area (TPSA) is 36.9 Å². The quantitative estimate of drug-likeness (QED) is 0.596. The summed E-state index contributed by atoms with van der Waals surface area (Å²) in [6.45, 7) is 4.06. The largest absolute Gasteiger partial charge is 0.348 e. The molecule has 0 saturated carbocycles. The molecule has 4 heteroatoms. The van der Waals surface area contributed by atoms with Gasteiger partial charge in [-0.2, -0.15) is 0 Å². The lowest BCUT2D eigenvalue weighted by Gasteiger charge is -2.27. The van der Waals surface area contributed by atoms with E-state index in [1.165, 1.54) is 7.11 Å². The molecule has 1 saturated heterocycles. The monoisotopic (exact) mass is 238 g/mol. The summed E-state index contributed by atoms with van der Waals surface area (Å²) in [6, 6.07) is 7.96. The van der Waals surface area contributed by atoms with Crippen LogP contribution in [-0.4, -0.2) is 20.3 Å². The molecule has 2 rings (SSSR count). The summed E-state index contributed by atoms with van der Waals surface area (Å²) in [4.78, 5) is 9.41. The molecule has 17 heavy (non-hydrogen) atoms. The van der Waals surface area contributed by atoms with Gasteiger partial charge in [-0.25, -0.2) is 9.78 Å². The molecule has 0 aromatic heterocycles. The Hall–Kier alpha value is -0.940. The highest BCUT2D eigenvalue weighted by Gasteiger charge is 2.20. The number of benzene rings is 1. The molecule has 0 spiro atoms. The van der Waals surface area contributed by atoms with E-state index in [0.29, 0.717) is 12.5 Å². The van der Waals surface area contributed by atoms with Crippen LogP contribution in [0.2, 0.25) is 0 Å². The van der Waals surface area contributed by atoms with Gasteiger partial charge in [-0.15, -0.1) is 0 Å². The molecule has 0 bridgehead atoms. The minimum absolute atomic E-state index is 0.233. The Kier molecular flexibility index (Phi) is 4.50. The Bertz CT molecular complexity index is 328. The predicted molar refractivity (Wildman–Crippen MR) is 62.0 cm³/mol. The van der Waals surface area contributed by atoms with Gasteiger partial charge < -0.3 is 9.47 Å². The maximum absolute atomic E-state index is 5.62. The average molecular weight is 238 g/mol. The van der Waals surface area contributed by atoms with Crippen molar-refractivity contribution in [2.45, 2.75) is 19.8 Å². The van der Waals surface area contributed by atoms with Gasteiger partial charge in [0.2, 0.25) is 0 Å². The van der Waals surface area contributed by atoms with Crippen molar-refractivity contribution in [2.75, 3.05) is 20.3 Å². The van der Waals surface area contributed by atoms with Crippen molar-refractivity contribution in [3.05, 3.63) is 35.4 Å². The number of ether oxygens (including phenoxy) is 2. The van der Waals surface area contributed by atoms with Crippen LogP contribution in [0, 0.1) is 5.92 Å². The van der Waals surface area contributed by atoms with Crippen LogP contribution in [0.1, 0.15) is 24.3 Å². The fourth-order valence-electron chi connectivity index (χ4n) is 1.69. The lowest BCUT2D eigenvalue weighted by Crippen LogP contribution is -2.24. The molecule has 0 radical (unpaired) electrons. The minimum Gasteiger partial charge on any atom is -0.348 e. The second kappa shape index (κ2) is 6.12. The van der Waals surface area contributed by atoms with E-state index < -0.39 is 0 Å². The van der Waals surface area contributed by atoms with Crippen LogP contribution in [0.15, 0.2) is 24.3 Å². The molecule has 1 heterocycles.